The average molecular weight is 215 g/mol. The van der Waals surface area contributed by atoms with Crippen LogP contribution in [-0.4, -0.2) is 15.2 Å². The molecule has 0 aliphatic heterocycles. The third-order valence-electron chi connectivity index (χ3n) is 2.46. The number of aromatic amines is 1. The number of nitrogens with zero attached hydrogens (tertiary/aromatic N) is 1. The second kappa shape index (κ2) is 3.03. The molecule has 0 unspecified atom stereocenters. The van der Waals surface area contributed by atoms with Gasteiger partial charge in [0, 0.05) is 34.8 Å². The molecule has 0 bridgehead atoms. The van der Waals surface area contributed by atoms with E-state index in [4.69, 9.17) is 10.3 Å². The third-order valence-corrected chi connectivity index (χ3v) is 2.46. The molecule has 0 radical (unpaired) electrons. The van der Waals surface area contributed by atoms with Gasteiger partial charge in [-0.25, -0.2) is 0 Å². The van der Waals surface area contributed by atoms with Gasteiger partial charge in [-0.1, -0.05) is 5.16 Å². The van der Waals surface area contributed by atoms with E-state index in [0.717, 1.165) is 16.5 Å². The largest absolute Gasteiger partial charge is 0.508 e. The SMILES string of the molecule is Nc1cc(-c2c[nH]c3cc(O)ccc23)on1. The number of phenols is 1. The van der Waals surface area contributed by atoms with Crippen LogP contribution in [0.5, 0.6) is 5.75 Å². The second-order valence-corrected chi connectivity index (χ2v) is 3.55. The number of phenolic OH excluding ortho intramolecular Hbond substituents is 1. The van der Waals surface area contributed by atoms with E-state index in [0.29, 0.717) is 11.6 Å². The summed E-state index contributed by atoms with van der Waals surface area (Å²) >= 11 is 0. The van der Waals surface area contributed by atoms with Crippen molar-refractivity contribution in [3.05, 3.63) is 30.5 Å². The van der Waals surface area contributed by atoms with Crippen LogP contribution in [0.15, 0.2) is 35.0 Å². The molecule has 0 aliphatic rings. The lowest BCUT2D eigenvalue weighted by Gasteiger charge is -1.94. The van der Waals surface area contributed by atoms with E-state index in [1.165, 1.54) is 0 Å². The summed E-state index contributed by atoms with van der Waals surface area (Å²) in [5, 5.41) is 13.9. The molecule has 4 N–H and O–H groups in total. The molecular weight excluding hydrogens is 206 g/mol. The second-order valence-electron chi connectivity index (χ2n) is 3.55. The molecule has 2 aromatic heterocycles. The maximum absolute atomic E-state index is 9.34. The lowest BCUT2D eigenvalue weighted by atomic mass is 10.1. The number of benzene rings is 1. The summed E-state index contributed by atoms with van der Waals surface area (Å²) in [6.45, 7) is 0. The van der Waals surface area contributed by atoms with Gasteiger partial charge >= 0.3 is 0 Å². The number of anilines is 1. The molecule has 3 rings (SSSR count). The van der Waals surface area contributed by atoms with Crippen molar-refractivity contribution in [1.82, 2.24) is 10.1 Å². The predicted molar refractivity (Wildman–Crippen MR) is 59.9 cm³/mol. The molecule has 2 heterocycles. The first-order valence-electron chi connectivity index (χ1n) is 4.77. The summed E-state index contributed by atoms with van der Waals surface area (Å²) in [7, 11) is 0. The number of hydrogen-bond acceptors (Lipinski definition) is 4. The van der Waals surface area contributed by atoms with E-state index in [-0.39, 0.29) is 5.75 Å². The highest BCUT2D eigenvalue weighted by molar-refractivity contribution is 5.95. The van der Waals surface area contributed by atoms with Gasteiger partial charge in [-0.2, -0.15) is 0 Å². The molecule has 5 heteroatoms. The van der Waals surface area contributed by atoms with E-state index in [2.05, 4.69) is 10.1 Å². The number of aromatic nitrogens is 2. The van der Waals surface area contributed by atoms with Crippen molar-refractivity contribution in [2.24, 2.45) is 0 Å². The maximum atomic E-state index is 9.34. The van der Waals surface area contributed by atoms with Crippen LogP contribution >= 0.6 is 0 Å². The normalized spacial score (nSPS) is 11.0. The first kappa shape index (κ1) is 8.84. The van der Waals surface area contributed by atoms with Crippen molar-refractivity contribution in [3.63, 3.8) is 0 Å². The standard InChI is InChI=1S/C11H9N3O2/c12-11-4-10(16-14-11)8-5-13-9-3-6(15)1-2-7(8)9/h1-5,13,15H,(H2,12,14). The van der Waals surface area contributed by atoms with Gasteiger partial charge in [0.05, 0.1) is 0 Å². The van der Waals surface area contributed by atoms with Crippen molar-refractivity contribution >= 4 is 16.7 Å². The molecule has 0 fully saturated rings. The van der Waals surface area contributed by atoms with Crippen LogP contribution in [0.2, 0.25) is 0 Å². The Labute approximate surface area is 90.5 Å². The van der Waals surface area contributed by atoms with Gasteiger partial charge in [-0.3, -0.25) is 0 Å². The Balaban J connectivity index is 2.25. The molecule has 0 amide bonds. The Morgan fingerprint density at radius 1 is 1.31 bits per heavy atom. The zero-order chi connectivity index (χ0) is 11.1. The van der Waals surface area contributed by atoms with E-state index in [9.17, 15) is 5.11 Å². The topological polar surface area (TPSA) is 88.1 Å². The first-order chi connectivity index (χ1) is 7.74. The van der Waals surface area contributed by atoms with Gasteiger partial charge in [0.15, 0.2) is 11.6 Å². The molecule has 16 heavy (non-hydrogen) atoms. The molecule has 0 atom stereocenters. The highest BCUT2D eigenvalue weighted by Gasteiger charge is 2.10. The molecular formula is C11H9N3O2. The lowest BCUT2D eigenvalue weighted by molar-refractivity contribution is 0.436. The quantitative estimate of drug-likeness (QED) is 0.580. The van der Waals surface area contributed by atoms with Crippen molar-refractivity contribution in [2.75, 3.05) is 5.73 Å². The van der Waals surface area contributed by atoms with E-state index in [1.54, 1.807) is 24.4 Å². The van der Waals surface area contributed by atoms with Crippen molar-refractivity contribution in [3.8, 4) is 17.1 Å². The fourth-order valence-corrected chi connectivity index (χ4v) is 1.73. The zero-order valence-corrected chi connectivity index (χ0v) is 8.27. The van der Waals surface area contributed by atoms with Crippen LogP contribution in [0.1, 0.15) is 0 Å². The van der Waals surface area contributed by atoms with Crippen molar-refractivity contribution in [2.45, 2.75) is 0 Å². The highest BCUT2D eigenvalue weighted by atomic mass is 16.5. The summed E-state index contributed by atoms with van der Waals surface area (Å²) in [6, 6.07) is 6.75. The summed E-state index contributed by atoms with van der Waals surface area (Å²) in [5.41, 5.74) is 7.21. The number of fused-ring (bicyclic) bond motifs is 1. The molecule has 0 saturated heterocycles. The van der Waals surface area contributed by atoms with Gasteiger partial charge in [0.25, 0.3) is 0 Å². The number of hydrogen-bond donors (Lipinski definition) is 3. The molecule has 5 nitrogen and oxygen atoms in total. The summed E-state index contributed by atoms with van der Waals surface area (Å²) in [6.07, 6.45) is 1.80. The lowest BCUT2D eigenvalue weighted by Crippen LogP contribution is -1.79. The average Bonchev–Trinajstić information content (AvgIpc) is 2.83. The number of H-pyrrole nitrogens is 1. The van der Waals surface area contributed by atoms with Crippen LogP contribution in [0.4, 0.5) is 5.82 Å². The van der Waals surface area contributed by atoms with E-state index in [1.807, 2.05) is 6.07 Å². The van der Waals surface area contributed by atoms with Crippen LogP contribution in [-0.2, 0) is 0 Å². The van der Waals surface area contributed by atoms with E-state index >= 15 is 0 Å². The Bertz CT molecular complexity index is 654. The number of aromatic hydroxyl groups is 1. The van der Waals surface area contributed by atoms with Gasteiger partial charge in [0.1, 0.15) is 5.75 Å². The Hall–Kier alpha value is -2.43. The van der Waals surface area contributed by atoms with Crippen molar-refractivity contribution < 1.29 is 9.63 Å². The van der Waals surface area contributed by atoms with Gasteiger partial charge in [0.2, 0.25) is 0 Å². The molecule has 3 aromatic rings. The maximum Gasteiger partial charge on any atom is 0.171 e. The third kappa shape index (κ3) is 1.22. The van der Waals surface area contributed by atoms with Crippen molar-refractivity contribution in [1.29, 1.82) is 0 Å². The van der Waals surface area contributed by atoms with Gasteiger partial charge < -0.3 is 20.3 Å². The Morgan fingerprint density at radius 3 is 2.94 bits per heavy atom. The van der Waals surface area contributed by atoms with Crippen LogP contribution in [0.25, 0.3) is 22.2 Å². The summed E-state index contributed by atoms with van der Waals surface area (Å²) in [5.74, 6) is 1.18. The number of nitrogen functional groups attached to an aromatic ring is 1. The Kier molecular flexibility index (Phi) is 1.67. The fraction of sp³-hybridized carbons (Fsp3) is 0. The van der Waals surface area contributed by atoms with Gasteiger partial charge in [-0.15, -0.1) is 0 Å². The summed E-state index contributed by atoms with van der Waals surface area (Å²) in [4.78, 5) is 3.05. The fourth-order valence-electron chi connectivity index (χ4n) is 1.73. The molecule has 80 valence electrons. The predicted octanol–water partition coefficient (Wildman–Crippen LogP) is 2.11. The van der Waals surface area contributed by atoms with Crippen LogP contribution in [0.3, 0.4) is 0 Å². The van der Waals surface area contributed by atoms with Crippen LogP contribution in [0, 0.1) is 0 Å². The monoisotopic (exact) mass is 215 g/mol. The molecule has 0 spiro atoms. The van der Waals surface area contributed by atoms with E-state index < -0.39 is 0 Å². The minimum atomic E-state index is 0.220. The highest BCUT2D eigenvalue weighted by Crippen LogP contribution is 2.31. The number of nitrogens with two attached hydrogens (primary N) is 1. The minimum Gasteiger partial charge on any atom is -0.508 e. The smallest absolute Gasteiger partial charge is 0.171 e. The first-order valence-corrected chi connectivity index (χ1v) is 4.77. The minimum absolute atomic E-state index is 0.220. The zero-order valence-electron chi connectivity index (χ0n) is 8.27. The molecule has 1 aromatic carbocycles. The number of nitrogens with one attached hydrogen (secondary N) is 1. The molecule has 0 saturated carbocycles. The van der Waals surface area contributed by atoms with Crippen LogP contribution < -0.4 is 5.73 Å². The molecule has 0 aliphatic carbocycles. The summed E-state index contributed by atoms with van der Waals surface area (Å²) < 4.78 is 5.09. The Morgan fingerprint density at radius 2 is 2.19 bits per heavy atom. The van der Waals surface area contributed by atoms with Gasteiger partial charge in [-0.05, 0) is 12.1 Å². The number of rotatable bonds is 1.